The highest BCUT2D eigenvalue weighted by atomic mass is 16.3. The topological polar surface area (TPSA) is 38.9 Å². The Morgan fingerprint density at radius 1 is 0.302 bits per heavy atom. The minimum atomic E-state index is 0.694. The van der Waals surface area contributed by atoms with E-state index in [0.29, 0.717) is 5.82 Å². The van der Waals surface area contributed by atoms with Gasteiger partial charge >= 0.3 is 0 Å². The van der Waals surface area contributed by atoms with Crippen molar-refractivity contribution in [1.82, 2.24) is 9.97 Å². The van der Waals surface area contributed by atoms with Gasteiger partial charge in [-0.1, -0.05) is 127 Å². The number of rotatable bonds is 3. The summed E-state index contributed by atoms with van der Waals surface area (Å²) in [5.74, 6) is 0.694. The number of fused-ring (bicyclic) bond motifs is 5. The third kappa shape index (κ3) is 4.16. The Bertz CT molecular complexity index is 3450. The smallest absolute Gasteiger partial charge is 0.160 e. The van der Waals surface area contributed by atoms with E-state index in [1.807, 2.05) is 30.3 Å². The zero-order chi connectivity index (χ0) is 34.6. The van der Waals surface area contributed by atoms with Crippen LogP contribution in [0.5, 0.6) is 0 Å². The van der Waals surface area contributed by atoms with Crippen LogP contribution in [0, 0.1) is 0 Å². The van der Waals surface area contributed by atoms with Crippen LogP contribution in [0.15, 0.2) is 174 Å². The molecule has 2 heterocycles. The molecular weight excluding hydrogens is 645 g/mol. The summed E-state index contributed by atoms with van der Waals surface area (Å²) in [5, 5.41) is 17.3. The molecule has 0 aliphatic carbocycles. The molecule has 3 heteroatoms. The summed E-state index contributed by atoms with van der Waals surface area (Å²) >= 11 is 0. The largest absolute Gasteiger partial charge is 0.456 e. The van der Waals surface area contributed by atoms with Crippen molar-refractivity contribution in [2.75, 3.05) is 0 Å². The molecular formula is C50H28N2O. The Morgan fingerprint density at radius 3 is 1.53 bits per heavy atom. The fourth-order valence-corrected chi connectivity index (χ4v) is 8.78. The fourth-order valence-electron chi connectivity index (χ4n) is 8.78. The Morgan fingerprint density at radius 2 is 0.830 bits per heavy atom. The summed E-state index contributed by atoms with van der Waals surface area (Å²) in [6, 6.07) is 61.0. The predicted octanol–water partition coefficient (Wildman–Crippen LogP) is 13.7. The maximum Gasteiger partial charge on any atom is 0.160 e. The van der Waals surface area contributed by atoms with Gasteiger partial charge in [-0.3, -0.25) is 0 Å². The van der Waals surface area contributed by atoms with E-state index in [9.17, 15) is 0 Å². The van der Waals surface area contributed by atoms with Crippen LogP contribution in [-0.2, 0) is 0 Å². The predicted molar refractivity (Wildman–Crippen MR) is 222 cm³/mol. The number of nitrogens with zero attached hydrogens (tertiary/aromatic N) is 2. The Labute approximate surface area is 303 Å². The number of hydrogen-bond acceptors (Lipinski definition) is 3. The van der Waals surface area contributed by atoms with Crippen molar-refractivity contribution in [2.45, 2.75) is 0 Å². The van der Waals surface area contributed by atoms with Crippen LogP contribution in [0.25, 0.3) is 120 Å². The van der Waals surface area contributed by atoms with Gasteiger partial charge in [0, 0.05) is 27.5 Å². The summed E-state index contributed by atoms with van der Waals surface area (Å²) in [5.41, 5.74) is 6.54. The van der Waals surface area contributed by atoms with Crippen molar-refractivity contribution in [3.05, 3.63) is 170 Å². The van der Waals surface area contributed by atoms with Gasteiger partial charge in [-0.25, -0.2) is 9.97 Å². The first-order valence-electron chi connectivity index (χ1n) is 18.1. The molecule has 0 unspecified atom stereocenters. The standard InChI is InChI=1S/C50H28N2O/c1-2-9-32(10-3-1)50-51-42(33-23-24-45-40(26-33)36-14-4-5-18-44(36)53-45)28-43(52-50)35-25-34-22-21-31-12-7-16-38-37-15-6-11-29-19-20-30-13-8-17-39(48(30)46(29)37)41(27-35)49(34)47(31)38/h1-28H. The average Bonchev–Trinajstić information content (AvgIpc) is 3.60. The van der Waals surface area contributed by atoms with Gasteiger partial charge in [-0.05, 0) is 107 Å². The molecule has 0 atom stereocenters. The lowest BCUT2D eigenvalue weighted by molar-refractivity contribution is 0.669. The Balaban J connectivity index is 1.20. The Kier molecular flexibility index (Phi) is 5.77. The van der Waals surface area contributed by atoms with E-state index in [1.165, 1.54) is 64.6 Å². The van der Waals surface area contributed by atoms with Crippen LogP contribution in [0.2, 0.25) is 0 Å². The minimum absolute atomic E-state index is 0.694. The third-order valence-corrected chi connectivity index (χ3v) is 11.2. The van der Waals surface area contributed by atoms with Crippen molar-refractivity contribution >= 4 is 86.6 Å². The van der Waals surface area contributed by atoms with Gasteiger partial charge in [0.2, 0.25) is 0 Å². The van der Waals surface area contributed by atoms with Crippen molar-refractivity contribution in [1.29, 1.82) is 0 Å². The van der Waals surface area contributed by atoms with E-state index in [-0.39, 0.29) is 0 Å². The van der Waals surface area contributed by atoms with Crippen molar-refractivity contribution in [3.63, 3.8) is 0 Å². The SMILES string of the molecule is c1ccc(-c2nc(-c3ccc4oc5ccccc5c4c3)cc(-c3cc4ccc5cccc6c7cccc8ccc9cccc(c(c3)c4c56)c9c87)n2)cc1. The highest BCUT2D eigenvalue weighted by Crippen LogP contribution is 2.44. The molecule has 0 aliphatic heterocycles. The first-order valence-corrected chi connectivity index (χ1v) is 18.1. The molecule has 0 saturated heterocycles. The zero-order valence-corrected chi connectivity index (χ0v) is 28.5. The van der Waals surface area contributed by atoms with Crippen molar-refractivity contribution < 1.29 is 4.42 Å². The minimum Gasteiger partial charge on any atom is -0.456 e. The number of benzene rings is 9. The molecule has 0 N–H and O–H groups in total. The highest BCUT2D eigenvalue weighted by Gasteiger charge is 2.18. The molecule has 12 aromatic rings. The lowest BCUT2D eigenvalue weighted by Crippen LogP contribution is -1.96. The molecule has 0 aliphatic rings. The molecule has 53 heavy (non-hydrogen) atoms. The second kappa shape index (κ2) is 10.7. The van der Waals surface area contributed by atoms with E-state index < -0.39 is 0 Å². The van der Waals surface area contributed by atoms with Gasteiger partial charge in [0.1, 0.15) is 11.2 Å². The first-order chi connectivity index (χ1) is 26.2. The Hall–Kier alpha value is -7.10. The van der Waals surface area contributed by atoms with E-state index in [2.05, 4.69) is 140 Å². The zero-order valence-electron chi connectivity index (χ0n) is 28.5. The molecule has 0 radical (unpaired) electrons. The number of aromatic nitrogens is 2. The molecule has 244 valence electrons. The number of hydrogen-bond donors (Lipinski definition) is 0. The molecule has 10 aromatic carbocycles. The van der Waals surface area contributed by atoms with Crippen LogP contribution in [0.1, 0.15) is 0 Å². The van der Waals surface area contributed by atoms with Crippen LogP contribution < -0.4 is 0 Å². The van der Waals surface area contributed by atoms with Gasteiger partial charge in [0.05, 0.1) is 11.4 Å². The summed E-state index contributed by atoms with van der Waals surface area (Å²) in [4.78, 5) is 10.5. The second-order valence-corrected chi connectivity index (χ2v) is 14.1. The quantitative estimate of drug-likeness (QED) is 0.175. The van der Waals surface area contributed by atoms with Crippen LogP contribution in [0.3, 0.4) is 0 Å². The maximum absolute atomic E-state index is 6.18. The molecule has 0 bridgehead atoms. The van der Waals surface area contributed by atoms with Gasteiger partial charge in [0.15, 0.2) is 5.82 Å². The molecule has 3 nitrogen and oxygen atoms in total. The molecule has 0 saturated carbocycles. The highest BCUT2D eigenvalue weighted by molar-refractivity contribution is 6.37. The second-order valence-electron chi connectivity index (χ2n) is 14.1. The van der Waals surface area contributed by atoms with E-state index in [1.54, 1.807) is 0 Å². The van der Waals surface area contributed by atoms with Crippen LogP contribution in [-0.4, -0.2) is 9.97 Å². The molecule has 0 amide bonds. The fraction of sp³-hybridized carbons (Fsp3) is 0. The lowest BCUT2D eigenvalue weighted by atomic mass is 9.87. The molecule has 2 aromatic heterocycles. The van der Waals surface area contributed by atoms with Crippen LogP contribution >= 0.6 is 0 Å². The number of para-hydroxylation sites is 1. The number of furan rings is 1. The third-order valence-electron chi connectivity index (χ3n) is 11.2. The van der Waals surface area contributed by atoms with E-state index in [4.69, 9.17) is 14.4 Å². The summed E-state index contributed by atoms with van der Waals surface area (Å²) < 4.78 is 6.18. The van der Waals surface area contributed by atoms with Gasteiger partial charge < -0.3 is 4.42 Å². The summed E-state index contributed by atoms with van der Waals surface area (Å²) in [7, 11) is 0. The molecule has 12 rings (SSSR count). The lowest BCUT2D eigenvalue weighted by Gasteiger charge is -2.17. The molecule has 0 fully saturated rings. The van der Waals surface area contributed by atoms with Gasteiger partial charge in [-0.2, -0.15) is 0 Å². The molecule has 0 spiro atoms. The van der Waals surface area contributed by atoms with Gasteiger partial charge in [0.25, 0.3) is 0 Å². The maximum atomic E-state index is 6.18. The van der Waals surface area contributed by atoms with Gasteiger partial charge in [-0.15, -0.1) is 0 Å². The van der Waals surface area contributed by atoms with Crippen molar-refractivity contribution in [2.24, 2.45) is 0 Å². The summed E-state index contributed by atoms with van der Waals surface area (Å²) in [6.07, 6.45) is 0. The normalized spacial score (nSPS) is 12.2. The first kappa shape index (κ1) is 28.6. The van der Waals surface area contributed by atoms with E-state index in [0.717, 1.165) is 50.0 Å². The average molecular weight is 673 g/mol. The summed E-state index contributed by atoms with van der Waals surface area (Å²) in [6.45, 7) is 0. The van der Waals surface area contributed by atoms with E-state index >= 15 is 0 Å². The van der Waals surface area contributed by atoms with Crippen LogP contribution in [0.4, 0.5) is 0 Å². The van der Waals surface area contributed by atoms with Crippen molar-refractivity contribution in [3.8, 4) is 33.9 Å². The monoisotopic (exact) mass is 672 g/mol.